The molecule has 8 heteroatoms. The zero-order valence-corrected chi connectivity index (χ0v) is 17.8. The van der Waals surface area contributed by atoms with E-state index in [1.165, 1.54) is 55.7 Å². The van der Waals surface area contributed by atoms with Gasteiger partial charge in [-0.1, -0.05) is 42.5 Å². The number of carbonyl (C=O) groups is 1. The number of methoxy groups -OCH3 is 1. The van der Waals surface area contributed by atoms with Crippen molar-refractivity contribution in [3.8, 4) is 22.6 Å². The van der Waals surface area contributed by atoms with Crippen molar-refractivity contribution in [2.75, 3.05) is 7.11 Å². The predicted octanol–water partition coefficient (Wildman–Crippen LogP) is 6.11. The molecule has 0 saturated heterocycles. The Kier molecular flexibility index (Phi) is 6.23. The standard InChI is InChI=1S/C26H17F3O5/c1-32-18-10-8-17(9-11-18)23-24(31)20-13-12-19(15-21(20)34-25(23)26(27,28)29)33-22(30)14-7-16-5-3-2-4-6-16/h2-15H,1H3/b14-7+. The number of carbonyl (C=O) groups excluding carboxylic acids is 1. The van der Waals surface area contributed by atoms with Gasteiger partial charge in [0.15, 0.2) is 0 Å². The van der Waals surface area contributed by atoms with Gasteiger partial charge in [0.25, 0.3) is 0 Å². The largest absolute Gasteiger partial charge is 0.497 e. The van der Waals surface area contributed by atoms with Crippen LogP contribution in [0.1, 0.15) is 11.3 Å². The number of ether oxygens (including phenoxy) is 2. The van der Waals surface area contributed by atoms with Crippen LogP contribution in [-0.2, 0) is 11.0 Å². The zero-order chi connectivity index (χ0) is 24.3. The first-order valence-corrected chi connectivity index (χ1v) is 10.0. The molecule has 4 aromatic rings. The Balaban J connectivity index is 1.72. The topological polar surface area (TPSA) is 65.7 Å². The number of fused-ring (bicyclic) bond motifs is 1. The first kappa shape index (κ1) is 22.8. The third kappa shape index (κ3) is 4.85. The Morgan fingerprint density at radius 1 is 0.941 bits per heavy atom. The van der Waals surface area contributed by atoms with Gasteiger partial charge in [-0.3, -0.25) is 4.79 Å². The van der Waals surface area contributed by atoms with Gasteiger partial charge < -0.3 is 13.9 Å². The van der Waals surface area contributed by atoms with E-state index in [1.54, 1.807) is 24.3 Å². The molecule has 1 aromatic heterocycles. The lowest BCUT2D eigenvalue weighted by Crippen LogP contribution is -2.16. The first-order valence-electron chi connectivity index (χ1n) is 10.0. The third-order valence-corrected chi connectivity index (χ3v) is 4.93. The Morgan fingerprint density at radius 2 is 1.62 bits per heavy atom. The van der Waals surface area contributed by atoms with Crippen molar-refractivity contribution < 1.29 is 31.9 Å². The monoisotopic (exact) mass is 466 g/mol. The molecule has 34 heavy (non-hydrogen) atoms. The van der Waals surface area contributed by atoms with Gasteiger partial charge >= 0.3 is 12.1 Å². The molecule has 1 heterocycles. The molecule has 0 aliphatic heterocycles. The van der Waals surface area contributed by atoms with Crippen LogP contribution in [0.2, 0.25) is 0 Å². The summed E-state index contributed by atoms with van der Waals surface area (Å²) in [6.07, 6.45) is -2.22. The summed E-state index contributed by atoms with van der Waals surface area (Å²) in [6, 6.07) is 18.3. The average molecular weight is 466 g/mol. The van der Waals surface area contributed by atoms with E-state index in [9.17, 15) is 22.8 Å². The fourth-order valence-corrected chi connectivity index (χ4v) is 3.34. The molecule has 3 aromatic carbocycles. The maximum Gasteiger partial charge on any atom is 0.450 e. The number of rotatable bonds is 5. The van der Waals surface area contributed by atoms with Gasteiger partial charge in [-0.2, -0.15) is 13.2 Å². The molecule has 0 N–H and O–H groups in total. The smallest absolute Gasteiger partial charge is 0.450 e. The van der Waals surface area contributed by atoms with Gasteiger partial charge in [0.05, 0.1) is 18.1 Å². The SMILES string of the molecule is COc1ccc(-c2c(C(F)(F)F)oc3cc(OC(=O)/C=C/c4ccccc4)ccc3c2=O)cc1. The van der Waals surface area contributed by atoms with Crippen molar-refractivity contribution in [3.05, 3.63) is 100 Å². The number of hydrogen-bond acceptors (Lipinski definition) is 5. The molecule has 0 amide bonds. The van der Waals surface area contributed by atoms with Crippen LogP contribution in [0, 0.1) is 0 Å². The molecule has 0 atom stereocenters. The maximum atomic E-state index is 13.8. The van der Waals surface area contributed by atoms with Crippen molar-refractivity contribution in [2.45, 2.75) is 6.18 Å². The molecule has 0 unspecified atom stereocenters. The van der Waals surface area contributed by atoms with Crippen LogP contribution in [0.3, 0.4) is 0 Å². The first-order chi connectivity index (χ1) is 16.3. The number of alkyl halides is 3. The van der Waals surface area contributed by atoms with E-state index in [0.717, 1.165) is 11.6 Å². The summed E-state index contributed by atoms with van der Waals surface area (Å²) in [5.41, 5.74) is -1.03. The highest BCUT2D eigenvalue weighted by Gasteiger charge is 2.39. The molecule has 5 nitrogen and oxygen atoms in total. The van der Waals surface area contributed by atoms with Crippen LogP contribution >= 0.6 is 0 Å². The second kappa shape index (κ2) is 9.27. The minimum Gasteiger partial charge on any atom is -0.497 e. The Bertz CT molecular complexity index is 1420. The van der Waals surface area contributed by atoms with E-state index >= 15 is 0 Å². The van der Waals surface area contributed by atoms with Crippen molar-refractivity contribution in [2.24, 2.45) is 0 Å². The number of esters is 1. The van der Waals surface area contributed by atoms with E-state index in [-0.39, 0.29) is 22.3 Å². The summed E-state index contributed by atoms with van der Waals surface area (Å²) in [5.74, 6) is -1.82. The highest BCUT2D eigenvalue weighted by atomic mass is 19.4. The van der Waals surface area contributed by atoms with Crippen LogP contribution in [0.15, 0.2) is 88.1 Å². The van der Waals surface area contributed by atoms with Gasteiger partial charge in [-0.25, -0.2) is 4.79 Å². The van der Waals surface area contributed by atoms with Crippen LogP contribution in [0.5, 0.6) is 11.5 Å². The quantitative estimate of drug-likeness (QED) is 0.202. The fourth-order valence-electron chi connectivity index (χ4n) is 3.34. The Morgan fingerprint density at radius 3 is 2.26 bits per heavy atom. The molecule has 0 fully saturated rings. The van der Waals surface area contributed by atoms with E-state index in [2.05, 4.69) is 0 Å². The van der Waals surface area contributed by atoms with Crippen LogP contribution in [-0.4, -0.2) is 13.1 Å². The summed E-state index contributed by atoms with van der Waals surface area (Å²) in [7, 11) is 1.42. The van der Waals surface area contributed by atoms with E-state index in [1.807, 2.05) is 6.07 Å². The summed E-state index contributed by atoms with van der Waals surface area (Å²) >= 11 is 0. The molecular weight excluding hydrogens is 449 g/mol. The molecular formula is C26H17F3O5. The molecule has 0 aliphatic carbocycles. The minimum absolute atomic E-state index is 0.0327. The molecule has 0 radical (unpaired) electrons. The van der Waals surface area contributed by atoms with Crippen molar-refractivity contribution in [1.82, 2.24) is 0 Å². The van der Waals surface area contributed by atoms with Gasteiger partial charge in [0, 0.05) is 12.1 Å². The van der Waals surface area contributed by atoms with Crippen LogP contribution < -0.4 is 14.9 Å². The van der Waals surface area contributed by atoms with E-state index in [0.29, 0.717) is 5.75 Å². The van der Waals surface area contributed by atoms with Gasteiger partial charge in [-0.15, -0.1) is 0 Å². The molecule has 0 bridgehead atoms. The third-order valence-electron chi connectivity index (χ3n) is 4.93. The van der Waals surface area contributed by atoms with Gasteiger partial charge in [-0.05, 0) is 41.5 Å². The lowest BCUT2D eigenvalue weighted by Gasteiger charge is -2.13. The van der Waals surface area contributed by atoms with Crippen molar-refractivity contribution in [3.63, 3.8) is 0 Å². The molecule has 0 aliphatic rings. The molecule has 0 saturated carbocycles. The summed E-state index contributed by atoms with van der Waals surface area (Å²) < 4.78 is 56.7. The molecule has 0 spiro atoms. The minimum atomic E-state index is -4.94. The highest BCUT2D eigenvalue weighted by molar-refractivity contribution is 5.90. The Labute approximate surface area is 191 Å². The normalized spacial score (nSPS) is 11.6. The summed E-state index contributed by atoms with van der Waals surface area (Å²) in [6.45, 7) is 0. The van der Waals surface area contributed by atoms with Gasteiger partial charge in [0.1, 0.15) is 17.1 Å². The van der Waals surface area contributed by atoms with E-state index in [4.69, 9.17) is 13.9 Å². The van der Waals surface area contributed by atoms with Crippen LogP contribution in [0.4, 0.5) is 13.2 Å². The van der Waals surface area contributed by atoms with Gasteiger partial charge in [0.2, 0.25) is 11.2 Å². The van der Waals surface area contributed by atoms with Crippen molar-refractivity contribution >= 4 is 23.0 Å². The average Bonchev–Trinajstić information content (AvgIpc) is 2.83. The summed E-state index contributed by atoms with van der Waals surface area (Å²) in [4.78, 5) is 25.1. The lowest BCUT2D eigenvalue weighted by atomic mass is 10.0. The summed E-state index contributed by atoms with van der Waals surface area (Å²) in [5, 5.41) is -0.0848. The number of halogens is 3. The Hall–Kier alpha value is -4.33. The maximum absolute atomic E-state index is 13.8. The van der Waals surface area contributed by atoms with Crippen LogP contribution in [0.25, 0.3) is 28.2 Å². The van der Waals surface area contributed by atoms with E-state index < -0.39 is 28.9 Å². The second-order valence-electron chi connectivity index (χ2n) is 7.18. The number of benzene rings is 3. The van der Waals surface area contributed by atoms with Crippen molar-refractivity contribution in [1.29, 1.82) is 0 Å². The zero-order valence-electron chi connectivity index (χ0n) is 17.8. The second-order valence-corrected chi connectivity index (χ2v) is 7.18. The fraction of sp³-hybridized carbons (Fsp3) is 0.0769. The highest BCUT2D eigenvalue weighted by Crippen LogP contribution is 2.38. The molecule has 4 rings (SSSR count). The number of hydrogen-bond donors (Lipinski definition) is 0. The lowest BCUT2D eigenvalue weighted by molar-refractivity contribution is -0.152. The molecule has 172 valence electrons. The predicted molar refractivity (Wildman–Crippen MR) is 121 cm³/mol.